The van der Waals surface area contributed by atoms with Gasteiger partial charge in [0, 0.05) is 33.7 Å². The predicted octanol–water partition coefficient (Wildman–Crippen LogP) is 3.48. The summed E-state index contributed by atoms with van der Waals surface area (Å²) < 4.78 is 0.915. The molecule has 0 aliphatic carbocycles. The van der Waals surface area contributed by atoms with Crippen molar-refractivity contribution in [3.63, 3.8) is 0 Å². The molecule has 0 spiro atoms. The van der Waals surface area contributed by atoms with Gasteiger partial charge in [-0.05, 0) is 36.8 Å². The van der Waals surface area contributed by atoms with E-state index >= 15 is 0 Å². The molecule has 0 saturated heterocycles. The van der Waals surface area contributed by atoms with Gasteiger partial charge in [-0.25, -0.2) is 4.98 Å². The van der Waals surface area contributed by atoms with Crippen LogP contribution in [0.15, 0.2) is 47.1 Å². The number of pyridine rings is 1. The topological polar surface area (TPSA) is 79.9 Å². The summed E-state index contributed by atoms with van der Waals surface area (Å²) in [5.74, 6) is 0.0970. The Morgan fingerprint density at radius 1 is 1.26 bits per heavy atom. The normalized spacial score (nSPS) is 9.83. The highest BCUT2D eigenvalue weighted by Crippen LogP contribution is 2.17. The van der Waals surface area contributed by atoms with Crippen molar-refractivity contribution in [1.29, 1.82) is 0 Å². The minimum Gasteiger partial charge on any atom is -0.344 e. The molecular weight excluding hydrogens is 360 g/mol. The van der Waals surface area contributed by atoms with Crippen molar-refractivity contribution in [1.82, 2.24) is 9.97 Å². The van der Waals surface area contributed by atoms with Crippen LogP contribution in [0, 0.1) is 6.92 Å². The van der Waals surface area contributed by atoms with Crippen molar-refractivity contribution in [2.45, 2.75) is 13.3 Å². The van der Waals surface area contributed by atoms with E-state index in [4.69, 9.17) is 9.59 Å². The van der Waals surface area contributed by atoms with Crippen LogP contribution in [0.5, 0.6) is 0 Å². The van der Waals surface area contributed by atoms with Crippen LogP contribution in [-0.2, 0) is 16.0 Å². The molecule has 6 heteroatoms. The molecule has 0 unspecified atom stereocenters. The molecule has 23 heavy (non-hydrogen) atoms. The Balaban J connectivity index is 0.000000595. The van der Waals surface area contributed by atoms with Crippen LogP contribution >= 0.6 is 15.9 Å². The average molecular weight is 373 g/mol. The molecule has 0 fully saturated rings. The van der Waals surface area contributed by atoms with Gasteiger partial charge >= 0.3 is 6.15 Å². The number of hydrogen-bond acceptors (Lipinski definition) is 4. The van der Waals surface area contributed by atoms with Crippen LogP contribution < -0.4 is 0 Å². The van der Waals surface area contributed by atoms with Crippen LogP contribution in [0.1, 0.15) is 21.6 Å². The number of halogens is 1. The first kappa shape index (κ1) is 16.8. The number of aromatic amines is 1. The van der Waals surface area contributed by atoms with Crippen LogP contribution in [0.4, 0.5) is 0 Å². The van der Waals surface area contributed by atoms with Gasteiger partial charge in [0.1, 0.15) is 5.65 Å². The first-order valence-electron chi connectivity index (χ1n) is 6.76. The van der Waals surface area contributed by atoms with Gasteiger partial charge in [0.2, 0.25) is 0 Å². The summed E-state index contributed by atoms with van der Waals surface area (Å²) in [7, 11) is 0. The molecule has 116 valence electrons. The van der Waals surface area contributed by atoms with Gasteiger partial charge in [-0.15, -0.1) is 0 Å². The Hall–Kier alpha value is -2.56. The highest BCUT2D eigenvalue weighted by Gasteiger charge is 2.09. The largest absolute Gasteiger partial charge is 0.373 e. The number of aromatic nitrogens is 2. The van der Waals surface area contributed by atoms with Gasteiger partial charge < -0.3 is 4.98 Å². The Kier molecular flexibility index (Phi) is 5.57. The van der Waals surface area contributed by atoms with E-state index in [1.165, 1.54) is 0 Å². The van der Waals surface area contributed by atoms with Crippen molar-refractivity contribution < 1.29 is 14.4 Å². The van der Waals surface area contributed by atoms with Gasteiger partial charge in [0.05, 0.1) is 0 Å². The first-order chi connectivity index (χ1) is 11.0. The molecule has 0 aliphatic heterocycles. The monoisotopic (exact) mass is 372 g/mol. The highest BCUT2D eigenvalue weighted by molar-refractivity contribution is 9.10. The van der Waals surface area contributed by atoms with Gasteiger partial charge in [0.15, 0.2) is 5.78 Å². The fraction of sp³-hybridized carbons (Fsp3) is 0.118. The minimum atomic E-state index is 0.0970. The number of aryl methyl sites for hydroxylation is 1. The number of benzene rings is 1. The summed E-state index contributed by atoms with van der Waals surface area (Å²) in [5.41, 5.74) is 3.58. The second kappa shape index (κ2) is 7.63. The van der Waals surface area contributed by atoms with E-state index in [9.17, 15) is 4.79 Å². The minimum absolute atomic E-state index is 0.0970. The number of nitrogens with one attached hydrogen (secondary N) is 1. The maximum Gasteiger partial charge on any atom is 0.373 e. The number of H-pyrrole nitrogens is 1. The average Bonchev–Trinajstić information content (AvgIpc) is 2.87. The fourth-order valence-electron chi connectivity index (χ4n) is 2.24. The highest BCUT2D eigenvalue weighted by atomic mass is 79.9. The summed E-state index contributed by atoms with van der Waals surface area (Å²) in [6, 6.07) is 11.5. The van der Waals surface area contributed by atoms with Crippen molar-refractivity contribution in [3.8, 4) is 0 Å². The van der Waals surface area contributed by atoms with Gasteiger partial charge in [-0.1, -0.05) is 28.1 Å². The van der Waals surface area contributed by atoms with Crippen LogP contribution in [0.2, 0.25) is 0 Å². The number of fused-ring (bicyclic) bond motifs is 1. The summed E-state index contributed by atoms with van der Waals surface area (Å²) in [5, 5.41) is 1.04. The van der Waals surface area contributed by atoms with Crippen molar-refractivity contribution in [3.05, 3.63) is 63.9 Å². The van der Waals surface area contributed by atoms with Crippen molar-refractivity contribution in [2.75, 3.05) is 0 Å². The third-order valence-corrected chi connectivity index (χ3v) is 3.67. The lowest BCUT2D eigenvalue weighted by Crippen LogP contribution is -2.03. The van der Waals surface area contributed by atoms with Crippen LogP contribution in [-0.4, -0.2) is 21.9 Å². The first-order valence-corrected chi connectivity index (χ1v) is 7.55. The van der Waals surface area contributed by atoms with E-state index < -0.39 is 0 Å². The molecule has 5 nitrogen and oxygen atoms in total. The van der Waals surface area contributed by atoms with Crippen LogP contribution in [0.3, 0.4) is 0 Å². The SMILES string of the molecule is Cc1cc2cc(CC(=O)c3cccc(Br)c3)cnc2[nH]1.O=C=O. The van der Waals surface area contributed by atoms with E-state index in [1.807, 2.05) is 43.3 Å². The zero-order valence-corrected chi connectivity index (χ0v) is 13.9. The molecule has 0 amide bonds. The van der Waals surface area contributed by atoms with Gasteiger partial charge in [-0.3, -0.25) is 4.79 Å². The molecule has 0 radical (unpaired) electrons. The quantitative estimate of drug-likeness (QED) is 0.713. The lowest BCUT2D eigenvalue weighted by Gasteiger charge is -2.02. The molecule has 1 N–H and O–H groups in total. The zero-order chi connectivity index (χ0) is 16.8. The van der Waals surface area contributed by atoms with E-state index in [-0.39, 0.29) is 11.9 Å². The van der Waals surface area contributed by atoms with E-state index in [0.29, 0.717) is 12.0 Å². The third-order valence-electron chi connectivity index (χ3n) is 3.17. The zero-order valence-electron chi connectivity index (χ0n) is 12.3. The summed E-state index contributed by atoms with van der Waals surface area (Å²) in [6.07, 6.45) is 2.37. The number of hydrogen-bond donors (Lipinski definition) is 1. The maximum absolute atomic E-state index is 12.3. The number of carbonyl (C=O) groups excluding carboxylic acids is 3. The number of nitrogens with zero attached hydrogens (tertiary/aromatic N) is 1. The van der Waals surface area contributed by atoms with Gasteiger partial charge in [-0.2, -0.15) is 9.59 Å². The Morgan fingerprint density at radius 3 is 2.70 bits per heavy atom. The summed E-state index contributed by atoms with van der Waals surface area (Å²) in [4.78, 5) is 36.0. The lowest BCUT2D eigenvalue weighted by atomic mass is 10.0. The standard InChI is InChI=1S/C16H13BrN2O.CO2/c1-10-5-13-6-11(9-18-16(13)19-10)7-15(20)12-3-2-4-14(17)8-12;2-1-3/h2-6,8-9H,7H2,1H3,(H,18,19);. The molecule has 0 atom stereocenters. The molecule has 0 saturated carbocycles. The maximum atomic E-state index is 12.3. The Bertz CT molecular complexity index is 880. The molecule has 2 aromatic heterocycles. The summed E-state index contributed by atoms with van der Waals surface area (Å²) >= 11 is 3.38. The van der Waals surface area contributed by atoms with E-state index in [2.05, 4.69) is 25.9 Å². The Labute approximate surface area is 140 Å². The summed E-state index contributed by atoms with van der Waals surface area (Å²) in [6.45, 7) is 1.99. The molecule has 0 bridgehead atoms. The van der Waals surface area contributed by atoms with Gasteiger partial charge in [0.25, 0.3) is 0 Å². The molecular formula is C17H13BrN2O3. The van der Waals surface area contributed by atoms with E-state index in [1.54, 1.807) is 6.20 Å². The number of ketones is 1. The predicted molar refractivity (Wildman–Crippen MR) is 88.0 cm³/mol. The van der Waals surface area contributed by atoms with Crippen molar-refractivity contribution in [2.24, 2.45) is 0 Å². The fourth-order valence-corrected chi connectivity index (χ4v) is 2.64. The van der Waals surface area contributed by atoms with E-state index in [0.717, 1.165) is 26.8 Å². The smallest absolute Gasteiger partial charge is 0.344 e. The number of Topliss-reactive ketones (excluding diaryl/α,β-unsaturated/α-hetero) is 1. The molecule has 3 rings (SSSR count). The second-order valence-corrected chi connectivity index (χ2v) is 5.84. The lowest BCUT2D eigenvalue weighted by molar-refractivity contribution is -0.191. The Morgan fingerprint density at radius 2 is 2.00 bits per heavy atom. The molecule has 0 aliphatic rings. The second-order valence-electron chi connectivity index (χ2n) is 4.93. The van der Waals surface area contributed by atoms with Crippen molar-refractivity contribution >= 4 is 38.9 Å². The molecule has 2 heterocycles. The molecule has 3 aromatic rings. The van der Waals surface area contributed by atoms with Crippen LogP contribution in [0.25, 0.3) is 11.0 Å². The molecule has 1 aromatic carbocycles. The number of carbonyl (C=O) groups is 1. The number of rotatable bonds is 3. The third kappa shape index (κ3) is 4.45.